The van der Waals surface area contributed by atoms with E-state index in [1.54, 1.807) is 6.20 Å². The van der Waals surface area contributed by atoms with Crippen LogP contribution < -0.4 is 5.73 Å². The molecule has 1 aliphatic rings. The van der Waals surface area contributed by atoms with Crippen molar-refractivity contribution < 1.29 is 4.79 Å². The molecule has 1 aliphatic heterocycles. The van der Waals surface area contributed by atoms with Crippen molar-refractivity contribution in [2.75, 3.05) is 33.7 Å². The average Bonchev–Trinajstić information content (AvgIpc) is 2.24. The maximum absolute atomic E-state index is 11.9. The van der Waals surface area contributed by atoms with Crippen LogP contribution in [0.4, 0.5) is 0 Å². The molecule has 0 aromatic carbocycles. The van der Waals surface area contributed by atoms with Crippen molar-refractivity contribution in [3.8, 4) is 0 Å². The van der Waals surface area contributed by atoms with E-state index in [1.165, 1.54) is 0 Å². The van der Waals surface area contributed by atoms with Crippen molar-refractivity contribution in [2.45, 2.75) is 38.8 Å². The first-order valence-electron chi connectivity index (χ1n) is 7.04. The summed E-state index contributed by atoms with van der Waals surface area (Å²) in [5.41, 5.74) is 5.42. The molecule has 1 fully saturated rings. The summed E-state index contributed by atoms with van der Waals surface area (Å²) in [6.45, 7) is 6.88. The fourth-order valence-corrected chi connectivity index (χ4v) is 2.17. The molecule has 1 rings (SSSR count). The van der Waals surface area contributed by atoms with Crippen LogP contribution in [-0.2, 0) is 4.79 Å². The van der Waals surface area contributed by atoms with Gasteiger partial charge in [-0.25, -0.2) is 0 Å². The van der Waals surface area contributed by atoms with Crippen LogP contribution in [0.15, 0.2) is 12.4 Å². The highest BCUT2D eigenvalue weighted by atomic mass is 16.2. The van der Waals surface area contributed by atoms with Crippen LogP contribution in [0.5, 0.6) is 0 Å². The van der Waals surface area contributed by atoms with Gasteiger partial charge >= 0.3 is 0 Å². The van der Waals surface area contributed by atoms with Crippen molar-refractivity contribution in [1.29, 1.82) is 0 Å². The zero-order chi connectivity index (χ0) is 14.4. The molecule has 19 heavy (non-hydrogen) atoms. The fraction of sp³-hybridized carbons (Fsp3) is 0.786. The highest BCUT2D eigenvalue weighted by molar-refractivity contribution is 5.77. The molecule has 0 aliphatic carbocycles. The van der Waals surface area contributed by atoms with E-state index >= 15 is 0 Å². The molecule has 0 saturated carbocycles. The van der Waals surface area contributed by atoms with Gasteiger partial charge in [0.15, 0.2) is 0 Å². The summed E-state index contributed by atoms with van der Waals surface area (Å²) in [5, 5.41) is 0. The zero-order valence-electron chi connectivity index (χ0n) is 12.7. The van der Waals surface area contributed by atoms with Gasteiger partial charge in [-0.15, -0.1) is 0 Å². The Morgan fingerprint density at radius 2 is 2.05 bits per heavy atom. The molecule has 5 heteroatoms. The maximum Gasteiger partial charge on any atom is 0.222 e. The second-order valence-electron chi connectivity index (χ2n) is 5.69. The number of likely N-dealkylation sites (tertiary alicyclic amines) is 1. The Labute approximate surface area is 117 Å². The lowest BCUT2D eigenvalue weighted by Gasteiger charge is -2.42. The van der Waals surface area contributed by atoms with E-state index in [1.807, 2.05) is 11.1 Å². The number of hydrogen-bond acceptors (Lipinski definition) is 4. The predicted octanol–water partition coefficient (Wildman–Crippen LogP) is 0.679. The molecule has 2 N–H and O–H groups in total. The Morgan fingerprint density at radius 1 is 1.42 bits per heavy atom. The van der Waals surface area contributed by atoms with Crippen molar-refractivity contribution >= 4 is 5.91 Å². The molecule has 1 saturated heterocycles. The van der Waals surface area contributed by atoms with Crippen LogP contribution in [0.1, 0.15) is 26.7 Å². The summed E-state index contributed by atoms with van der Waals surface area (Å²) in [5.74, 6) is 0.276. The molecular weight excluding hydrogens is 240 g/mol. The zero-order valence-corrected chi connectivity index (χ0v) is 12.7. The maximum atomic E-state index is 11.9. The molecule has 0 spiro atoms. The van der Waals surface area contributed by atoms with Gasteiger partial charge in [0.1, 0.15) is 0 Å². The predicted molar refractivity (Wildman–Crippen MR) is 78.5 cm³/mol. The van der Waals surface area contributed by atoms with E-state index in [0.717, 1.165) is 26.1 Å². The summed E-state index contributed by atoms with van der Waals surface area (Å²) < 4.78 is 0. The Bertz CT molecular complexity index is 309. The van der Waals surface area contributed by atoms with E-state index in [9.17, 15) is 4.79 Å². The number of carbonyl (C=O) groups excluding carboxylic acids is 1. The van der Waals surface area contributed by atoms with E-state index in [-0.39, 0.29) is 5.91 Å². The van der Waals surface area contributed by atoms with Gasteiger partial charge < -0.3 is 20.4 Å². The Hall–Kier alpha value is -1.23. The number of carbonyl (C=O) groups is 1. The van der Waals surface area contributed by atoms with Crippen LogP contribution in [0, 0.1) is 0 Å². The lowest BCUT2D eigenvalue weighted by Crippen LogP contribution is -2.59. The summed E-state index contributed by atoms with van der Waals surface area (Å²) in [6.07, 6.45) is 4.95. The molecule has 0 atom stereocenters. The van der Waals surface area contributed by atoms with Crippen molar-refractivity contribution in [3.63, 3.8) is 0 Å². The van der Waals surface area contributed by atoms with E-state index < -0.39 is 0 Å². The van der Waals surface area contributed by atoms with Crippen molar-refractivity contribution in [3.05, 3.63) is 12.4 Å². The van der Waals surface area contributed by atoms with E-state index in [0.29, 0.717) is 18.5 Å². The third kappa shape index (κ3) is 4.74. The third-order valence-electron chi connectivity index (χ3n) is 3.69. The van der Waals surface area contributed by atoms with Gasteiger partial charge in [-0.3, -0.25) is 4.79 Å². The SMILES string of the molecule is CC(C)N(/C=C\N)CCCC(=O)N1CC(N(C)C)C1. The number of nitrogens with zero attached hydrogens (tertiary/aromatic N) is 3. The molecule has 1 amide bonds. The topological polar surface area (TPSA) is 52.8 Å². The first kappa shape index (κ1) is 15.8. The van der Waals surface area contributed by atoms with Crippen LogP contribution in [0.2, 0.25) is 0 Å². The largest absolute Gasteiger partial charge is 0.403 e. The third-order valence-corrected chi connectivity index (χ3v) is 3.69. The van der Waals surface area contributed by atoms with Crippen LogP contribution in [0.25, 0.3) is 0 Å². The first-order valence-corrected chi connectivity index (χ1v) is 7.04. The fourth-order valence-electron chi connectivity index (χ4n) is 2.17. The first-order chi connectivity index (χ1) is 8.95. The molecule has 0 aromatic heterocycles. The second kappa shape index (κ2) is 7.38. The summed E-state index contributed by atoms with van der Waals surface area (Å²) in [4.78, 5) is 18.2. The normalized spacial score (nSPS) is 16.4. The number of rotatable bonds is 7. The van der Waals surface area contributed by atoms with Gasteiger partial charge in [0, 0.05) is 50.5 Å². The molecule has 0 aromatic rings. The van der Waals surface area contributed by atoms with Crippen molar-refractivity contribution in [2.24, 2.45) is 5.73 Å². The molecule has 5 nitrogen and oxygen atoms in total. The van der Waals surface area contributed by atoms with E-state index in [4.69, 9.17) is 5.73 Å². The highest BCUT2D eigenvalue weighted by Gasteiger charge is 2.31. The Morgan fingerprint density at radius 3 is 2.53 bits per heavy atom. The van der Waals surface area contributed by atoms with Gasteiger partial charge in [-0.2, -0.15) is 0 Å². The molecule has 1 heterocycles. The van der Waals surface area contributed by atoms with Crippen LogP contribution in [0.3, 0.4) is 0 Å². The lowest BCUT2D eigenvalue weighted by molar-refractivity contribution is -0.138. The standard InChI is InChI=1S/C14H28N4O/c1-12(2)17(9-7-15)8-5-6-14(19)18-10-13(11-18)16(3)4/h7,9,12-13H,5-6,8,10-11,15H2,1-4H3/b9-7-. The smallest absolute Gasteiger partial charge is 0.222 e. The second-order valence-corrected chi connectivity index (χ2v) is 5.69. The van der Waals surface area contributed by atoms with Gasteiger partial charge in [0.05, 0.1) is 0 Å². The number of likely N-dealkylation sites (N-methyl/N-ethyl adjacent to an activating group) is 1. The highest BCUT2D eigenvalue weighted by Crippen LogP contribution is 2.14. The summed E-state index contributed by atoms with van der Waals surface area (Å²) in [7, 11) is 4.12. The van der Waals surface area contributed by atoms with Gasteiger partial charge in [-0.05, 0) is 34.4 Å². The number of nitrogens with two attached hydrogens (primary N) is 1. The molecule has 0 radical (unpaired) electrons. The van der Waals surface area contributed by atoms with Crippen molar-refractivity contribution in [1.82, 2.24) is 14.7 Å². The molecule has 0 unspecified atom stereocenters. The van der Waals surface area contributed by atoms with Gasteiger partial charge in [0.2, 0.25) is 5.91 Å². The molecule has 110 valence electrons. The molecular formula is C14H28N4O. The quantitative estimate of drug-likeness (QED) is 0.738. The van der Waals surface area contributed by atoms with E-state index in [2.05, 4.69) is 37.7 Å². The van der Waals surface area contributed by atoms with Crippen LogP contribution >= 0.6 is 0 Å². The minimum absolute atomic E-state index is 0.276. The summed E-state index contributed by atoms with van der Waals surface area (Å²) in [6, 6.07) is 0.952. The average molecular weight is 268 g/mol. The van der Waals surface area contributed by atoms with Gasteiger partial charge in [-0.1, -0.05) is 0 Å². The minimum atomic E-state index is 0.276. The number of hydrogen-bond donors (Lipinski definition) is 1. The monoisotopic (exact) mass is 268 g/mol. The number of amides is 1. The molecule has 0 bridgehead atoms. The Balaban J connectivity index is 2.21. The lowest BCUT2D eigenvalue weighted by atomic mass is 10.1. The summed E-state index contributed by atoms with van der Waals surface area (Å²) >= 11 is 0. The Kier molecular flexibility index (Phi) is 6.15. The minimum Gasteiger partial charge on any atom is -0.403 e. The van der Waals surface area contributed by atoms with Gasteiger partial charge in [0.25, 0.3) is 0 Å². The van der Waals surface area contributed by atoms with Crippen LogP contribution in [-0.4, -0.2) is 66.4 Å².